The molecule has 0 spiro atoms. The van der Waals surface area contributed by atoms with E-state index in [0.29, 0.717) is 27.6 Å². The number of carbonyl (C=O) groups excluding carboxylic acids is 1. The summed E-state index contributed by atoms with van der Waals surface area (Å²) in [5.74, 6) is 0.993. The zero-order valence-corrected chi connectivity index (χ0v) is 18.9. The van der Waals surface area contributed by atoms with E-state index in [0.717, 1.165) is 22.4 Å². The Kier molecular flexibility index (Phi) is 6.43. The highest BCUT2D eigenvalue weighted by molar-refractivity contribution is 7.90. The van der Waals surface area contributed by atoms with Crippen LogP contribution in [0, 0.1) is 13.8 Å². The monoisotopic (exact) mass is 449 g/mol. The Labute approximate surface area is 189 Å². The third-order valence-electron chi connectivity index (χ3n) is 5.09. The first kappa shape index (κ1) is 21.9. The number of nitrogens with zero attached hydrogens (tertiary/aromatic N) is 2. The van der Waals surface area contributed by atoms with Gasteiger partial charge in [-0.2, -0.15) is 4.98 Å². The average molecular weight is 450 g/mol. The summed E-state index contributed by atoms with van der Waals surface area (Å²) in [5.41, 5.74) is 4.66. The van der Waals surface area contributed by atoms with E-state index < -0.39 is 11.2 Å². The second-order valence-corrected chi connectivity index (χ2v) is 8.76. The molecule has 4 aromatic rings. The van der Waals surface area contributed by atoms with Gasteiger partial charge >= 0.3 is 11.1 Å². The number of methoxy groups -OCH3 is 1. The highest BCUT2D eigenvalue weighted by Crippen LogP contribution is 2.27. The van der Waals surface area contributed by atoms with Gasteiger partial charge in [0.25, 0.3) is 0 Å². The lowest BCUT2D eigenvalue weighted by Gasteiger charge is -2.13. The highest BCUT2D eigenvalue weighted by Gasteiger charge is 2.21. The van der Waals surface area contributed by atoms with Crippen LogP contribution in [-0.4, -0.2) is 32.6 Å². The molecule has 0 aliphatic carbocycles. The summed E-state index contributed by atoms with van der Waals surface area (Å²) in [6, 6.07) is 14.5. The van der Waals surface area contributed by atoms with Crippen LogP contribution in [0.15, 0.2) is 59.9 Å². The van der Waals surface area contributed by atoms with Crippen LogP contribution in [0.3, 0.4) is 0 Å². The van der Waals surface area contributed by atoms with Gasteiger partial charge in [-0.05, 0) is 31.5 Å². The third-order valence-corrected chi connectivity index (χ3v) is 6.25. The van der Waals surface area contributed by atoms with Crippen LogP contribution >= 0.6 is 0 Å². The smallest absolute Gasteiger partial charge is 0.322 e. The number of carbonyl (C=O) groups is 1. The van der Waals surface area contributed by atoms with Gasteiger partial charge in [0.05, 0.1) is 30.3 Å². The fourth-order valence-corrected chi connectivity index (χ4v) is 4.57. The summed E-state index contributed by atoms with van der Waals surface area (Å²) >= 11 is -1.43. The molecule has 164 valence electrons. The zero-order chi connectivity index (χ0) is 22.7. The number of nitrogens with one attached hydrogen (secondary N) is 1. The summed E-state index contributed by atoms with van der Waals surface area (Å²) in [6.07, 6.45) is 1.90. The minimum atomic E-state index is -1.43. The van der Waals surface area contributed by atoms with Crippen molar-refractivity contribution in [3.05, 3.63) is 77.1 Å². The van der Waals surface area contributed by atoms with Crippen LogP contribution in [0.5, 0.6) is 11.5 Å². The van der Waals surface area contributed by atoms with Gasteiger partial charge in [0, 0.05) is 34.6 Å². The molecule has 4 rings (SSSR count). The maximum absolute atomic E-state index is 12.9. The van der Waals surface area contributed by atoms with Crippen LogP contribution < -0.4 is 9.47 Å². The number of aryl methyl sites for hydroxylation is 1. The number of esters is 1. The number of hydrogen-bond acceptors (Lipinski definition) is 6. The molecule has 0 saturated heterocycles. The molecule has 0 saturated carbocycles. The predicted octanol–water partition coefficient (Wildman–Crippen LogP) is 4.04. The highest BCUT2D eigenvalue weighted by atomic mass is 32.2. The lowest BCUT2D eigenvalue weighted by atomic mass is 10.1. The normalized spacial score (nSPS) is 12.0. The van der Waals surface area contributed by atoms with Crippen LogP contribution in [0.25, 0.3) is 11.0 Å². The van der Waals surface area contributed by atoms with E-state index in [4.69, 9.17) is 9.47 Å². The first-order chi connectivity index (χ1) is 15.4. The molecule has 1 unspecified atom stereocenters. The van der Waals surface area contributed by atoms with Crippen molar-refractivity contribution in [1.82, 2.24) is 15.0 Å². The molecule has 2 aromatic carbocycles. The van der Waals surface area contributed by atoms with E-state index in [1.807, 2.05) is 44.2 Å². The van der Waals surface area contributed by atoms with Crippen molar-refractivity contribution in [3.8, 4) is 11.5 Å². The molecule has 1 atom stereocenters. The molecule has 0 radical (unpaired) electrons. The van der Waals surface area contributed by atoms with Crippen molar-refractivity contribution in [3.63, 3.8) is 0 Å². The van der Waals surface area contributed by atoms with Crippen molar-refractivity contribution in [2.24, 2.45) is 0 Å². The molecular weight excluding hydrogens is 426 g/mol. The number of fused-ring (bicyclic) bond motifs is 1. The number of benzene rings is 2. The molecule has 0 amide bonds. The first-order valence-electron chi connectivity index (χ1n) is 10.1. The molecule has 8 heteroatoms. The Hall–Kier alpha value is -3.36. The van der Waals surface area contributed by atoms with Gasteiger partial charge in [-0.3, -0.25) is 14.8 Å². The molecule has 7 nitrogen and oxygen atoms in total. The molecule has 0 bridgehead atoms. The number of pyridine rings is 1. The SMILES string of the molecule is COc1c(C)cnc(C[S+]([O-])c2nc3cc(OC(=O)Cc4ccccc4)ccc3[nH]2)c1C. The van der Waals surface area contributed by atoms with Gasteiger partial charge in [-0.1, -0.05) is 30.3 Å². The standard InChI is InChI=1S/C24H23N3O4S/c1-15-13-25-21(16(2)23(15)30-3)14-32(29)24-26-19-10-9-18(12-20(19)27-24)31-22(28)11-17-7-5-4-6-8-17/h4-10,12-13H,11,14H2,1-3H3,(H,26,27). The third kappa shape index (κ3) is 4.76. The second-order valence-electron chi connectivity index (χ2n) is 7.39. The maximum Gasteiger partial charge on any atom is 0.322 e. The maximum atomic E-state index is 12.9. The molecule has 1 N–H and O–H groups in total. The second kappa shape index (κ2) is 9.42. The van der Waals surface area contributed by atoms with Gasteiger partial charge in [-0.25, -0.2) is 0 Å². The molecule has 0 aliphatic heterocycles. The molecule has 2 aromatic heterocycles. The summed E-state index contributed by atoms with van der Waals surface area (Å²) in [7, 11) is 1.61. The van der Waals surface area contributed by atoms with Crippen molar-refractivity contribution in [1.29, 1.82) is 0 Å². The number of H-pyrrole nitrogens is 1. The van der Waals surface area contributed by atoms with Crippen molar-refractivity contribution >= 4 is 28.2 Å². The van der Waals surface area contributed by atoms with Crippen molar-refractivity contribution in [2.45, 2.75) is 31.2 Å². The number of rotatable bonds is 7. The lowest BCUT2D eigenvalue weighted by molar-refractivity contribution is -0.133. The molecular formula is C24H23N3O4S. The fourth-order valence-electron chi connectivity index (χ4n) is 3.47. The Morgan fingerprint density at radius 2 is 1.94 bits per heavy atom. The predicted molar refractivity (Wildman–Crippen MR) is 122 cm³/mol. The number of hydrogen-bond donors (Lipinski definition) is 1. The minimum Gasteiger partial charge on any atom is -0.609 e. The lowest BCUT2D eigenvalue weighted by Crippen LogP contribution is -2.11. The van der Waals surface area contributed by atoms with E-state index in [1.54, 1.807) is 31.5 Å². The quantitative estimate of drug-likeness (QED) is 0.260. The largest absolute Gasteiger partial charge is 0.609 e. The molecule has 2 heterocycles. The van der Waals surface area contributed by atoms with Crippen LogP contribution in [0.1, 0.15) is 22.4 Å². The van der Waals surface area contributed by atoms with E-state index in [1.165, 1.54) is 0 Å². The number of aromatic amines is 1. The van der Waals surface area contributed by atoms with Crippen LogP contribution in [0.2, 0.25) is 0 Å². The van der Waals surface area contributed by atoms with Crippen molar-refractivity contribution < 1.29 is 18.8 Å². The Balaban J connectivity index is 1.48. The van der Waals surface area contributed by atoms with E-state index in [9.17, 15) is 9.35 Å². The van der Waals surface area contributed by atoms with Gasteiger partial charge < -0.3 is 14.0 Å². The number of ether oxygens (including phenoxy) is 2. The van der Waals surface area contributed by atoms with Crippen molar-refractivity contribution in [2.75, 3.05) is 7.11 Å². The topological polar surface area (TPSA) is 100 Å². The van der Waals surface area contributed by atoms with Gasteiger partial charge in [-0.15, -0.1) is 0 Å². The van der Waals surface area contributed by atoms with E-state index in [-0.39, 0.29) is 18.1 Å². The van der Waals surface area contributed by atoms with E-state index >= 15 is 0 Å². The van der Waals surface area contributed by atoms with Gasteiger partial charge in [0.2, 0.25) is 0 Å². The summed E-state index contributed by atoms with van der Waals surface area (Å²) in [6.45, 7) is 3.82. The van der Waals surface area contributed by atoms with Gasteiger partial charge in [0.1, 0.15) is 11.5 Å². The zero-order valence-electron chi connectivity index (χ0n) is 18.0. The summed E-state index contributed by atoms with van der Waals surface area (Å²) in [5, 5.41) is 0.341. The molecule has 0 aliphatic rings. The first-order valence-corrected chi connectivity index (χ1v) is 11.4. The average Bonchev–Trinajstić information content (AvgIpc) is 3.20. The Bertz CT molecular complexity index is 1260. The summed E-state index contributed by atoms with van der Waals surface area (Å²) in [4.78, 5) is 24.2. The Morgan fingerprint density at radius 1 is 1.16 bits per heavy atom. The molecule has 0 fully saturated rings. The Morgan fingerprint density at radius 3 is 2.69 bits per heavy atom. The van der Waals surface area contributed by atoms with Gasteiger partial charge in [0.15, 0.2) is 5.75 Å². The van der Waals surface area contributed by atoms with Crippen LogP contribution in [0.4, 0.5) is 0 Å². The van der Waals surface area contributed by atoms with E-state index in [2.05, 4.69) is 15.0 Å². The molecule has 32 heavy (non-hydrogen) atoms. The number of aromatic nitrogens is 3. The van der Waals surface area contributed by atoms with Crippen LogP contribution in [-0.2, 0) is 28.1 Å². The minimum absolute atomic E-state index is 0.182. The fraction of sp³-hybridized carbons (Fsp3) is 0.208. The summed E-state index contributed by atoms with van der Waals surface area (Å²) < 4.78 is 23.8. The number of imidazole rings is 1.